The molecule has 0 heterocycles. The molecular weight excluding hydrogens is 448 g/mol. The van der Waals surface area contributed by atoms with Gasteiger partial charge in [-0.15, -0.1) is 0 Å². The molecule has 3 rings (SSSR count). The van der Waals surface area contributed by atoms with E-state index in [2.05, 4.69) is 11.4 Å². The number of benzene rings is 3. The normalized spacial score (nSPS) is 11.6. The summed E-state index contributed by atoms with van der Waals surface area (Å²) in [6.07, 6.45) is 0. The van der Waals surface area contributed by atoms with Crippen molar-refractivity contribution in [1.29, 1.82) is 5.26 Å². The van der Waals surface area contributed by atoms with Gasteiger partial charge in [0.15, 0.2) is 0 Å². The maximum Gasteiger partial charge on any atom is 0.257 e. The zero-order valence-electron chi connectivity index (χ0n) is 15.6. The van der Waals surface area contributed by atoms with Gasteiger partial charge < -0.3 is 11.1 Å². The van der Waals surface area contributed by atoms with Gasteiger partial charge in [-0.3, -0.25) is 4.79 Å². The Morgan fingerprint density at radius 1 is 1.13 bits per heavy atom. The number of nitrogens with one attached hydrogen (secondary N) is 1. The van der Waals surface area contributed by atoms with E-state index in [1.165, 1.54) is 6.07 Å². The minimum atomic E-state index is -0.709. The second-order valence-electron chi connectivity index (χ2n) is 6.58. The smallest absolute Gasteiger partial charge is 0.257 e. The molecule has 0 fully saturated rings. The number of hydrogen-bond acceptors (Lipinski definition) is 3. The number of nitrogens with zero attached hydrogens (tertiary/aromatic N) is 1. The van der Waals surface area contributed by atoms with E-state index in [0.29, 0.717) is 26.9 Å². The average Bonchev–Trinajstić information content (AvgIpc) is 2.71. The Morgan fingerprint density at radius 2 is 1.80 bits per heavy atom. The number of aryl methyl sites for hydroxylation is 1. The molecule has 30 heavy (non-hydrogen) atoms. The van der Waals surface area contributed by atoms with Gasteiger partial charge in [0, 0.05) is 15.7 Å². The first-order valence-corrected chi connectivity index (χ1v) is 9.86. The number of halogens is 4. The summed E-state index contributed by atoms with van der Waals surface area (Å²) < 4.78 is 13.5. The summed E-state index contributed by atoms with van der Waals surface area (Å²) in [4.78, 5) is 12.6. The number of nitrogen functional groups attached to an aromatic ring is 1. The second kappa shape index (κ2) is 8.93. The van der Waals surface area contributed by atoms with Crippen LogP contribution in [0.5, 0.6) is 0 Å². The summed E-state index contributed by atoms with van der Waals surface area (Å²) in [5, 5.41) is 13.0. The molecule has 0 saturated carbocycles. The molecule has 1 atom stereocenters. The summed E-state index contributed by atoms with van der Waals surface area (Å²) in [5.41, 5.74) is 8.10. The van der Waals surface area contributed by atoms with Crippen LogP contribution in [-0.2, 0) is 0 Å². The lowest BCUT2D eigenvalue weighted by atomic mass is 9.91. The van der Waals surface area contributed by atoms with Gasteiger partial charge in [0.05, 0.1) is 23.2 Å². The minimum absolute atomic E-state index is 0.0389. The molecule has 3 aromatic rings. The van der Waals surface area contributed by atoms with Crippen LogP contribution in [0.4, 0.5) is 15.8 Å². The van der Waals surface area contributed by atoms with E-state index in [0.717, 1.165) is 11.6 Å². The van der Waals surface area contributed by atoms with Crippen molar-refractivity contribution < 1.29 is 9.18 Å². The summed E-state index contributed by atoms with van der Waals surface area (Å²) in [7, 11) is 0. The number of amides is 1. The average molecular weight is 463 g/mol. The van der Waals surface area contributed by atoms with Crippen molar-refractivity contribution in [1.82, 2.24) is 0 Å². The second-order valence-corrected chi connectivity index (χ2v) is 7.80. The largest absolute Gasteiger partial charge is 0.397 e. The van der Waals surface area contributed by atoms with E-state index >= 15 is 0 Å². The van der Waals surface area contributed by atoms with Crippen LogP contribution < -0.4 is 11.1 Å². The molecule has 1 unspecified atom stereocenters. The molecule has 1 amide bonds. The third-order valence-electron chi connectivity index (χ3n) is 4.61. The monoisotopic (exact) mass is 461 g/mol. The Balaban J connectivity index is 1.93. The predicted octanol–water partition coefficient (Wildman–Crippen LogP) is 6.58. The number of nitrogens with two attached hydrogens (primary N) is 1. The van der Waals surface area contributed by atoms with Gasteiger partial charge in [0.2, 0.25) is 0 Å². The molecule has 4 nitrogen and oxygen atoms in total. The summed E-state index contributed by atoms with van der Waals surface area (Å²) in [5.74, 6) is -1.88. The van der Waals surface area contributed by atoms with Crippen molar-refractivity contribution in [2.24, 2.45) is 0 Å². The van der Waals surface area contributed by atoms with E-state index < -0.39 is 17.6 Å². The summed E-state index contributed by atoms with van der Waals surface area (Å²) in [6, 6.07) is 14.8. The topological polar surface area (TPSA) is 78.9 Å². The third-order valence-corrected chi connectivity index (χ3v) is 5.58. The first-order chi connectivity index (χ1) is 14.2. The molecule has 0 saturated heterocycles. The van der Waals surface area contributed by atoms with Crippen LogP contribution in [0.3, 0.4) is 0 Å². The first-order valence-electron chi connectivity index (χ1n) is 8.73. The SMILES string of the molecule is Cc1cc(C(C#N)c2ccc(Cl)cc2)c(Cl)cc1NC(=O)c1ccc(F)c(Cl)c1N. The maximum absolute atomic E-state index is 13.5. The molecule has 0 bridgehead atoms. The van der Waals surface area contributed by atoms with E-state index in [-0.39, 0.29) is 16.3 Å². The van der Waals surface area contributed by atoms with Gasteiger partial charge in [-0.05, 0) is 53.9 Å². The van der Waals surface area contributed by atoms with Gasteiger partial charge in [0.25, 0.3) is 5.91 Å². The van der Waals surface area contributed by atoms with Crippen molar-refractivity contribution in [2.45, 2.75) is 12.8 Å². The van der Waals surface area contributed by atoms with Crippen LogP contribution in [0, 0.1) is 24.1 Å². The lowest BCUT2D eigenvalue weighted by Crippen LogP contribution is -2.15. The van der Waals surface area contributed by atoms with E-state index in [4.69, 9.17) is 40.5 Å². The lowest BCUT2D eigenvalue weighted by Gasteiger charge is -2.16. The molecule has 0 radical (unpaired) electrons. The summed E-state index contributed by atoms with van der Waals surface area (Å²) in [6.45, 7) is 1.77. The molecule has 8 heteroatoms. The van der Waals surface area contributed by atoms with Crippen LogP contribution in [0.2, 0.25) is 15.1 Å². The first kappa shape index (κ1) is 21.9. The number of nitriles is 1. The van der Waals surface area contributed by atoms with Crippen molar-refractivity contribution >= 4 is 52.1 Å². The van der Waals surface area contributed by atoms with Crippen LogP contribution in [0.25, 0.3) is 0 Å². The number of hydrogen-bond donors (Lipinski definition) is 2. The highest BCUT2D eigenvalue weighted by atomic mass is 35.5. The molecule has 0 spiro atoms. The Bertz CT molecular complexity index is 1170. The number of anilines is 2. The highest BCUT2D eigenvalue weighted by Crippen LogP contribution is 2.35. The van der Waals surface area contributed by atoms with Gasteiger partial charge in [0.1, 0.15) is 10.8 Å². The fourth-order valence-electron chi connectivity index (χ4n) is 2.99. The lowest BCUT2D eigenvalue weighted by molar-refractivity contribution is 0.102. The fourth-order valence-corrected chi connectivity index (χ4v) is 3.56. The molecule has 3 N–H and O–H groups in total. The standard InChI is InChI=1S/C22H15Cl3FN3O/c1-11-8-15(16(10-27)12-2-4-13(23)5-3-12)17(24)9-19(11)29-22(30)14-6-7-18(26)20(25)21(14)28/h2-9,16H,28H2,1H3,(H,29,30). The Hall–Kier alpha value is -2.78. The van der Waals surface area contributed by atoms with E-state index in [1.807, 2.05) is 0 Å². The van der Waals surface area contributed by atoms with E-state index in [9.17, 15) is 14.4 Å². The number of carbonyl (C=O) groups excluding carboxylic acids is 1. The highest BCUT2D eigenvalue weighted by molar-refractivity contribution is 6.34. The predicted molar refractivity (Wildman–Crippen MR) is 119 cm³/mol. The van der Waals surface area contributed by atoms with E-state index in [1.54, 1.807) is 43.3 Å². The Morgan fingerprint density at radius 3 is 2.43 bits per heavy atom. The van der Waals surface area contributed by atoms with Crippen molar-refractivity contribution in [3.63, 3.8) is 0 Å². The number of carbonyl (C=O) groups is 1. The molecule has 0 aliphatic heterocycles. The maximum atomic E-state index is 13.5. The van der Waals surface area contributed by atoms with Crippen LogP contribution >= 0.6 is 34.8 Å². The fraction of sp³-hybridized carbons (Fsp3) is 0.0909. The molecule has 0 aromatic heterocycles. The van der Waals surface area contributed by atoms with Crippen molar-refractivity contribution in [3.8, 4) is 6.07 Å². The van der Waals surface area contributed by atoms with Crippen molar-refractivity contribution in [2.75, 3.05) is 11.1 Å². The van der Waals surface area contributed by atoms with Gasteiger partial charge in [-0.1, -0.05) is 53.0 Å². The van der Waals surface area contributed by atoms with Crippen LogP contribution in [0.1, 0.15) is 33.0 Å². The molecular formula is C22H15Cl3FN3O. The Kier molecular flexibility index (Phi) is 6.52. The highest BCUT2D eigenvalue weighted by Gasteiger charge is 2.20. The zero-order chi connectivity index (χ0) is 22.0. The van der Waals surface area contributed by atoms with Crippen LogP contribution in [0.15, 0.2) is 48.5 Å². The van der Waals surface area contributed by atoms with Gasteiger partial charge in [-0.25, -0.2) is 4.39 Å². The summed E-state index contributed by atoms with van der Waals surface area (Å²) >= 11 is 18.1. The zero-order valence-corrected chi connectivity index (χ0v) is 17.9. The molecule has 0 aliphatic rings. The van der Waals surface area contributed by atoms with Crippen LogP contribution in [-0.4, -0.2) is 5.91 Å². The molecule has 0 aliphatic carbocycles. The third kappa shape index (κ3) is 4.36. The number of rotatable bonds is 4. The minimum Gasteiger partial charge on any atom is -0.397 e. The quantitative estimate of drug-likeness (QED) is 0.430. The Labute approximate surface area is 188 Å². The van der Waals surface area contributed by atoms with Gasteiger partial charge >= 0.3 is 0 Å². The molecule has 152 valence electrons. The van der Waals surface area contributed by atoms with Crippen molar-refractivity contribution in [3.05, 3.63) is 91.7 Å². The molecule has 3 aromatic carbocycles. The van der Waals surface area contributed by atoms with Gasteiger partial charge in [-0.2, -0.15) is 5.26 Å².